The third kappa shape index (κ3) is 4.07. The van der Waals surface area contributed by atoms with Crippen LogP contribution in [0.2, 0.25) is 0 Å². The molecule has 5 rings (SSSR count). The van der Waals surface area contributed by atoms with Crippen LogP contribution in [0.4, 0.5) is 0 Å². The fourth-order valence-electron chi connectivity index (χ4n) is 4.91. The minimum Gasteiger partial charge on any atom is -0.353 e. The molecule has 1 aromatic carbocycles. The summed E-state index contributed by atoms with van der Waals surface area (Å²) in [6.45, 7) is 1.12. The Kier molecular flexibility index (Phi) is 5.79. The van der Waals surface area contributed by atoms with Crippen molar-refractivity contribution >= 4 is 11.8 Å². The predicted octanol–water partition coefficient (Wildman–Crippen LogP) is 3.57. The Morgan fingerprint density at radius 1 is 0.938 bits per heavy atom. The van der Waals surface area contributed by atoms with Crippen molar-refractivity contribution in [1.29, 1.82) is 0 Å². The fourth-order valence-corrected chi connectivity index (χ4v) is 4.91. The summed E-state index contributed by atoms with van der Waals surface area (Å²) < 4.78 is 3.71. The number of amides is 2. The second kappa shape index (κ2) is 9.02. The summed E-state index contributed by atoms with van der Waals surface area (Å²) in [6, 6.07) is 14.0. The number of carbonyl (C=O) groups is 2. The fraction of sp³-hybridized carbons (Fsp3) is 0.400. The quantitative estimate of drug-likeness (QED) is 0.671. The molecule has 1 aliphatic heterocycles. The molecule has 166 valence electrons. The van der Waals surface area contributed by atoms with Gasteiger partial charge in [0.25, 0.3) is 5.91 Å². The number of nitrogens with one attached hydrogen (secondary N) is 1. The maximum Gasteiger partial charge on any atom is 0.259 e. The molecular weight excluding hydrogens is 402 g/mol. The van der Waals surface area contributed by atoms with Crippen LogP contribution in [0.3, 0.4) is 0 Å². The zero-order chi connectivity index (χ0) is 21.9. The summed E-state index contributed by atoms with van der Waals surface area (Å²) >= 11 is 0. The topological polar surface area (TPSA) is 72.2 Å². The smallest absolute Gasteiger partial charge is 0.259 e. The van der Waals surface area contributed by atoms with Crippen molar-refractivity contribution in [2.45, 2.75) is 44.6 Å². The van der Waals surface area contributed by atoms with E-state index in [1.54, 1.807) is 10.9 Å². The van der Waals surface area contributed by atoms with Gasteiger partial charge in [0.1, 0.15) is 5.56 Å². The molecule has 0 spiro atoms. The number of benzene rings is 1. The molecule has 2 fully saturated rings. The molecular formula is C25H29N5O2. The van der Waals surface area contributed by atoms with Gasteiger partial charge in [-0.3, -0.25) is 9.59 Å². The van der Waals surface area contributed by atoms with Crippen LogP contribution in [0, 0.1) is 5.92 Å². The van der Waals surface area contributed by atoms with Crippen molar-refractivity contribution in [2.24, 2.45) is 5.92 Å². The van der Waals surface area contributed by atoms with Crippen LogP contribution in [-0.4, -0.2) is 50.2 Å². The summed E-state index contributed by atoms with van der Waals surface area (Å²) in [7, 11) is 0. The number of hydrogen-bond acceptors (Lipinski definition) is 3. The number of nitrogens with zero attached hydrogens (tertiary/aromatic N) is 4. The number of rotatable bonds is 5. The van der Waals surface area contributed by atoms with Crippen molar-refractivity contribution in [3.8, 4) is 11.5 Å². The molecule has 0 radical (unpaired) electrons. The molecule has 0 bridgehead atoms. The van der Waals surface area contributed by atoms with Crippen LogP contribution < -0.4 is 5.32 Å². The van der Waals surface area contributed by atoms with Gasteiger partial charge in [-0.2, -0.15) is 5.10 Å². The van der Waals surface area contributed by atoms with Crippen molar-refractivity contribution in [3.05, 3.63) is 66.6 Å². The summed E-state index contributed by atoms with van der Waals surface area (Å²) in [5.41, 5.74) is 1.43. The zero-order valence-corrected chi connectivity index (χ0v) is 18.2. The second-order valence-electron chi connectivity index (χ2n) is 8.80. The Hall–Kier alpha value is -3.35. The third-order valence-corrected chi connectivity index (χ3v) is 6.60. The van der Waals surface area contributed by atoms with E-state index >= 15 is 0 Å². The SMILES string of the molecule is O=C(NC1CCCC1)C1CCCN(C(=O)c2cnn(-c3ccccc3)c2-n2cccc2)C1. The lowest BCUT2D eigenvalue weighted by Crippen LogP contribution is -2.47. The molecule has 7 heteroatoms. The summed E-state index contributed by atoms with van der Waals surface area (Å²) in [4.78, 5) is 28.3. The van der Waals surface area contributed by atoms with Gasteiger partial charge in [-0.05, 0) is 49.9 Å². The first-order valence-corrected chi connectivity index (χ1v) is 11.6. The highest BCUT2D eigenvalue weighted by Crippen LogP contribution is 2.25. The highest BCUT2D eigenvalue weighted by atomic mass is 16.2. The molecule has 1 N–H and O–H groups in total. The maximum atomic E-state index is 13.6. The van der Waals surface area contributed by atoms with Crippen LogP contribution in [0.15, 0.2) is 61.1 Å². The maximum absolute atomic E-state index is 13.6. The van der Waals surface area contributed by atoms with Crippen molar-refractivity contribution in [3.63, 3.8) is 0 Å². The van der Waals surface area contributed by atoms with Crippen molar-refractivity contribution in [1.82, 2.24) is 24.6 Å². The van der Waals surface area contributed by atoms with Gasteiger partial charge in [-0.25, -0.2) is 4.68 Å². The van der Waals surface area contributed by atoms with Gasteiger partial charge in [0.05, 0.1) is 17.8 Å². The normalized spacial score (nSPS) is 19.2. The van der Waals surface area contributed by atoms with E-state index in [1.165, 1.54) is 12.8 Å². The van der Waals surface area contributed by atoms with E-state index in [1.807, 2.05) is 64.3 Å². The minimum absolute atomic E-state index is 0.0748. The predicted molar refractivity (Wildman–Crippen MR) is 122 cm³/mol. The number of para-hydroxylation sites is 1. The Morgan fingerprint density at radius 3 is 2.44 bits per heavy atom. The molecule has 1 unspecified atom stereocenters. The highest BCUT2D eigenvalue weighted by molar-refractivity contribution is 5.97. The zero-order valence-electron chi connectivity index (χ0n) is 18.2. The minimum atomic E-state index is -0.146. The van der Waals surface area contributed by atoms with Crippen LogP contribution in [0.5, 0.6) is 0 Å². The van der Waals surface area contributed by atoms with Crippen LogP contribution in [0.25, 0.3) is 11.5 Å². The Morgan fingerprint density at radius 2 is 1.69 bits per heavy atom. The van der Waals surface area contributed by atoms with E-state index in [-0.39, 0.29) is 17.7 Å². The summed E-state index contributed by atoms with van der Waals surface area (Å²) in [5, 5.41) is 7.76. The highest BCUT2D eigenvalue weighted by Gasteiger charge is 2.32. The van der Waals surface area contributed by atoms with Gasteiger partial charge < -0.3 is 14.8 Å². The second-order valence-corrected chi connectivity index (χ2v) is 8.80. The first kappa shape index (κ1) is 20.5. The van der Waals surface area contributed by atoms with E-state index in [0.717, 1.165) is 31.4 Å². The summed E-state index contributed by atoms with van der Waals surface area (Å²) in [5.74, 6) is 0.588. The average Bonchev–Trinajstić information content (AvgIpc) is 3.60. The molecule has 3 aromatic rings. The van der Waals surface area contributed by atoms with Gasteiger partial charge >= 0.3 is 0 Å². The first-order chi connectivity index (χ1) is 15.7. The van der Waals surface area contributed by atoms with E-state index in [9.17, 15) is 9.59 Å². The molecule has 3 heterocycles. The number of piperidine rings is 1. The Balaban J connectivity index is 1.39. The largest absolute Gasteiger partial charge is 0.353 e. The van der Waals surface area contributed by atoms with Crippen LogP contribution in [-0.2, 0) is 4.79 Å². The molecule has 1 saturated heterocycles. The molecule has 1 atom stereocenters. The third-order valence-electron chi connectivity index (χ3n) is 6.60. The number of hydrogen-bond donors (Lipinski definition) is 1. The lowest BCUT2D eigenvalue weighted by atomic mass is 9.96. The summed E-state index contributed by atoms with van der Waals surface area (Å²) in [6.07, 6.45) is 11.7. The molecule has 2 amide bonds. The van der Waals surface area contributed by atoms with Gasteiger partial charge in [0, 0.05) is 31.5 Å². The Labute approximate surface area is 188 Å². The van der Waals surface area contributed by atoms with Crippen LogP contribution in [0.1, 0.15) is 48.9 Å². The number of aromatic nitrogens is 3. The lowest BCUT2D eigenvalue weighted by Gasteiger charge is -2.32. The average molecular weight is 432 g/mol. The molecule has 1 saturated carbocycles. The first-order valence-electron chi connectivity index (χ1n) is 11.6. The standard InChI is InChI=1S/C25H29N5O2/c31-23(27-20-10-4-5-11-20)19-9-8-16-29(18-19)25(32)22-17-26-30(21-12-2-1-3-13-21)24(22)28-14-6-7-15-28/h1-3,6-7,12-15,17,19-20H,4-5,8-11,16,18H2,(H,27,31). The Bertz CT molecular complexity index is 1070. The van der Waals surface area contributed by atoms with Gasteiger partial charge in [0.2, 0.25) is 5.91 Å². The number of carbonyl (C=O) groups excluding carboxylic acids is 2. The van der Waals surface area contributed by atoms with Gasteiger partial charge in [0.15, 0.2) is 5.82 Å². The molecule has 2 aromatic heterocycles. The van der Waals surface area contributed by atoms with E-state index in [0.29, 0.717) is 30.5 Å². The lowest BCUT2D eigenvalue weighted by molar-refractivity contribution is -0.127. The van der Waals surface area contributed by atoms with Gasteiger partial charge in [-0.1, -0.05) is 31.0 Å². The van der Waals surface area contributed by atoms with Crippen LogP contribution >= 0.6 is 0 Å². The van der Waals surface area contributed by atoms with E-state index in [4.69, 9.17) is 0 Å². The molecule has 32 heavy (non-hydrogen) atoms. The van der Waals surface area contributed by atoms with E-state index in [2.05, 4.69) is 10.4 Å². The molecule has 1 aliphatic carbocycles. The van der Waals surface area contributed by atoms with Gasteiger partial charge in [-0.15, -0.1) is 0 Å². The molecule has 7 nitrogen and oxygen atoms in total. The number of likely N-dealkylation sites (tertiary alicyclic amines) is 1. The van der Waals surface area contributed by atoms with Crippen molar-refractivity contribution in [2.75, 3.05) is 13.1 Å². The van der Waals surface area contributed by atoms with Crippen molar-refractivity contribution < 1.29 is 9.59 Å². The van der Waals surface area contributed by atoms with E-state index < -0.39 is 0 Å². The monoisotopic (exact) mass is 431 g/mol. The molecule has 2 aliphatic rings.